The SMILES string of the molecule is c1cc(CNc2cnns2)[nH]n1. The average Bonchev–Trinajstić information content (AvgIpc) is 2.74. The largest absolute Gasteiger partial charge is 0.369 e. The van der Waals surface area contributed by atoms with Gasteiger partial charge in [-0.1, -0.05) is 4.49 Å². The van der Waals surface area contributed by atoms with E-state index >= 15 is 0 Å². The van der Waals surface area contributed by atoms with Gasteiger partial charge in [0.05, 0.1) is 18.4 Å². The quantitative estimate of drug-likeness (QED) is 0.737. The number of nitrogens with one attached hydrogen (secondary N) is 2. The molecule has 2 N–H and O–H groups in total. The molecule has 2 rings (SSSR count). The minimum Gasteiger partial charge on any atom is -0.369 e. The first-order valence-electron chi connectivity index (χ1n) is 3.44. The molecule has 0 atom stereocenters. The molecule has 0 amide bonds. The first-order valence-corrected chi connectivity index (χ1v) is 4.22. The molecule has 2 aromatic heterocycles. The van der Waals surface area contributed by atoms with Crippen LogP contribution >= 0.6 is 11.5 Å². The molecule has 0 unspecified atom stereocenters. The monoisotopic (exact) mass is 181 g/mol. The maximum absolute atomic E-state index is 3.83. The second kappa shape index (κ2) is 3.31. The molecule has 0 fully saturated rings. The summed E-state index contributed by atoms with van der Waals surface area (Å²) in [4.78, 5) is 0. The van der Waals surface area contributed by atoms with Crippen molar-refractivity contribution in [3.63, 3.8) is 0 Å². The normalized spacial score (nSPS) is 10.0. The van der Waals surface area contributed by atoms with Crippen LogP contribution in [-0.4, -0.2) is 19.8 Å². The molecule has 0 aliphatic heterocycles. The number of rotatable bonds is 3. The van der Waals surface area contributed by atoms with Crippen LogP contribution in [0.25, 0.3) is 0 Å². The lowest BCUT2D eigenvalue weighted by Crippen LogP contribution is -1.97. The summed E-state index contributed by atoms with van der Waals surface area (Å²) in [6.45, 7) is 0.726. The van der Waals surface area contributed by atoms with E-state index in [1.165, 1.54) is 11.5 Å². The van der Waals surface area contributed by atoms with Gasteiger partial charge >= 0.3 is 0 Å². The van der Waals surface area contributed by atoms with E-state index < -0.39 is 0 Å². The minimum absolute atomic E-state index is 0.726. The smallest absolute Gasteiger partial charge is 0.130 e. The molecular weight excluding hydrogens is 174 g/mol. The van der Waals surface area contributed by atoms with Crippen LogP contribution in [0, 0.1) is 0 Å². The molecule has 5 nitrogen and oxygen atoms in total. The third-order valence-corrected chi connectivity index (χ3v) is 2.00. The fourth-order valence-corrected chi connectivity index (χ4v) is 1.22. The number of hydrogen-bond donors (Lipinski definition) is 2. The van der Waals surface area contributed by atoms with Gasteiger partial charge in [-0.25, -0.2) is 0 Å². The Morgan fingerprint density at radius 3 is 3.25 bits per heavy atom. The van der Waals surface area contributed by atoms with Gasteiger partial charge in [-0.05, 0) is 6.07 Å². The number of aromatic nitrogens is 4. The summed E-state index contributed by atoms with van der Waals surface area (Å²) >= 11 is 1.34. The first kappa shape index (κ1) is 7.23. The van der Waals surface area contributed by atoms with E-state index in [0.717, 1.165) is 17.2 Å². The molecule has 62 valence electrons. The van der Waals surface area contributed by atoms with Gasteiger partial charge in [0.1, 0.15) is 5.00 Å². The highest BCUT2D eigenvalue weighted by Crippen LogP contribution is 2.09. The summed E-state index contributed by atoms with van der Waals surface area (Å²) < 4.78 is 3.73. The van der Waals surface area contributed by atoms with Crippen molar-refractivity contribution in [2.75, 3.05) is 5.32 Å². The van der Waals surface area contributed by atoms with Crippen LogP contribution in [0.5, 0.6) is 0 Å². The summed E-state index contributed by atoms with van der Waals surface area (Å²) in [5, 5.41) is 14.5. The number of hydrogen-bond acceptors (Lipinski definition) is 5. The Morgan fingerprint density at radius 2 is 2.58 bits per heavy atom. The fourth-order valence-electron chi connectivity index (χ4n) is 0.811. The lowest BCUT2D eigenvalue weighted by atomic mass is 10.4. The average molecular weight is 181 g/mol. The predicted octanol–water partition coefficient (Wildman–Crippen LogP) is 0.873. The Kier molecular flexibility index (Phi) is 2.00. The zero-order chi connectivity index (χ0) is 8.23. The van der Waals surface area contributed by atoms with Crippen LogP contribution in [0.1, 0.15) is 5.69 Å². The van der Waals surface area contributed by atoms with E-state index in [2.05, 4.69) is 25.1 Å². The van der Waals surface area contributed by atoms with Crippen LogP contribution in [0.4, 0.5) is 5.00 Å². The molecule has 2 heterocycles. The van der Waals surface area contributed by atoms with Gasteiger partial charge in [-0.2, -0.15) is 5.10 Å². The molecule has 12 heavy (non-hydrogen) atoms. The molecule has 6 heteroatoms. The van der Waals surface area contributed by atoms with E-state index in [-0.39, 0.29) is 0 Å². The highest BCUT2D eigenvalue weighted by atomic mass is 32.1. The molecule has 0 saturated heterocycles. The van der Waals surface area contributed by atoms with Gasteiger partial charge in [0.15, 0.2) is 0 Å². The molecule has 0 bridgehead atoms. The zero-order valence-corrected chi connectivity index (χ0v) is 7.01. The molecule has 0 aliphatic rings. The van der Waals surface area contributed by atoms with Gasteiger partial charge in [0.2, 0.25) is 0 Å². The second-order valence-electron chi connectivity index (χ2n) is 2.22. The van der Waals surface area contributed by atoms with E-state index in [1.807, 2.05) is 6.07 Å². The molecule has 0 saturated carbocycles. The van der Waals surface area contributed by atoms with Crippen molar-refractivity contribution >= 4 is 16.5 Å². The topological polar surface area (TPSA) is 66.5 Å². The molecule has 0 spiro atoms. The van der Waals surface area contributed by atoms with Gasteiger partial charge in [0, 0.05) is 17.7 Å². The molecular formula is C6H7N5S. The van der Waals surface area contributed by atoms with E-state index in [0.29, 0.717) is 0 Å². The third-order valence-electron chi connectivity index (χ3n) is 1.37. The summed E-state index contributed by atoms with van der Waals surface area (Å²) in [6, 6.07) is 1.92. The number of anilines is 1. The Morgan fingerprint density at radius 1 is 1.58 bits per heavy atom. The van der Waals surface area contributed by atoms with E-state index in [9.17, 15) is 0 Å². The molecule has 0 aliphatic carbocycles. The van der Waals surface area contributed by atoms with Gasteiger partial charge in [-0.3, -0.25) is 5.10 Å². The van der Waals surface area contributed by atoms with Crippen molar-refractivity contribution in [3.05, 3.63) is 24.2 Å². The maximum Gasteiger partial charge on any atom is 0.130 e. The molecule has 0 radical (unpaired) electrons. The van der Waals surface area contributed by atoms with Crippen LogP contribution < -0.4 is 5.32 Å². The highest BCUT2D eigenvalue weighted by molar-refractivity contribution is 7.09. The standard InChI is InChI=1S/C6H7N5S/c1-2-8-10-5(1)3-7-6-4-9-11-12-6/h1-2,4,7H,3H2,(H,8,10). The van der Waals surface area contributed by atoms with Crippen LogP contribution in [-0.2, 0) is 6.54 Å². The number of aromatic amines is 1. The molecule has 0 aromatic carbocycles. The summed E-state index contributed by atoms with van der Waals surface area (Å²) in [6.07, 6.45) is 3.42. The Balaban J connectivity index is 1.91. The van der Waals surface area contributed by atoms with Crippen molar-refractivity contribution in [1.82, 2.24) is 19.8 Å². The van der Waals surface area contributed by atoms with Crippen LogP contribution in [0.3, 0.4) is 0 Å². The van der Waals surface area contributed by atoms with Gasteiger partial charge < -0.3 is 5.32 Å². The van der Waals surface area contributed by atoms with Crippen molar-refractivity contribution < 1.29 is 0 Å². The first-order chi connectivity index (χ1) is 5.95. The highest BCUT2D eigenvalue weighted by Gasteiger charge is 1.95. The number of nitrogens with zero attached hydrogens (tertiary/aromatic N) is 3. The van der Waals surface area contributed by atoms with E-state index in [4.69, 9.17) is 0 Å². The van der Waals surface area contributed by atoms with Crippen molar-refractivity contribution in [2.45, 2.75) is 6.54 Å². The van der Waals surface area contributed by atoms with E-state index in [1.54, 1.807) is 12.4 Å². The fraction of sp³-hybridized carbons (Fsp3) is 0.167. The van der Waals surface area contributed by atoms with Crippen molar-refractivity contribution in [3.8, 4) is 0 Å². The number of H-pyrrole nitrogens is 1. The van der Waals surface area contributed by atoms with Gasteiger partial charge in [0.25, 0.3) is 0 Å². The van der Waals surface area contributed by atoms with Crippen LogP contribution in [0.2, 0.25) is 0 Å². The Hall–Kier alpha value is -1.43. The summed E-state index contributed by atoms with van der Waals surface area (Å²) in [5.41, 5.74) is 1.04. The summed E-state index contributed by atoms with van der Waals surface area (Å²) in [7, 11) is 0. The second-order valence-corrected chi connectivity index (χ2v) is 3.00. The minimum atomic E-state index is 0.726. The third kappa shape index (κ3) is 1.59. The summed E-state index contributed by atoms with van der Waals surface area (Å²) in [5.74, 6) is 0. The lowest BCUT2D eigenvalue weighted by molar-refractivity contribution is 0.983. The zero-order valence-electron chi connectivity index (χ0n) is 6.19. The van der Waals surface area contributed by atoms with Crippen LogP contribution in [0.15, 0.2) is 18.5 Å². The Bertz CT molecular complexity index is 279. The lowest BCUT2D eigenvalue weighted by Gasteiger charge is -1.97. The Labute approximate surface area is 73.0 Å². The maximum atomic E-state index is 3.83. The van der Waals surface area contributed by atoms with Crippen molar-refractivity contribution in [1.29, 1.82) is 0 Å². The predicted molar refractivity (Wildman–Crippen MR) is 45.8 cm³/mol. The molecule has 2 aromatic rings. The van der Waals surface area contributed by atoms with Crippen molar-refractivity contribution in [2.24, 2.45) is 0 Å². The van der Waals surface area contributed by atoms with Gasteiger partial charge in [-0.15, -0.1) is 5.10 Å².